The van der Waals surface area contributed by atoms with E-state index < -0.39 is 0 Å². The average Bonchev–Trinajstić information content (AvgIpc) is 2.64. The Labute approximate surface area is 148 Å². The maximum Gasteiger partial charge on any atom is 0.318 e. The number of ether oxygens (including phenoxy) is 1. The molecule has 1 saturated heterocycles. The maximum atomic E-state index is 12.6. The summed E-state index contributed by atoms with van der Waals surface area (Å²) in [6.45, 7) is 7.22. The first-order valence-corrected chi connectivity index (χ1v) is 8.60. The zero-order valence-corrected chi connectivity index (χ0v) is 14.8. The van der Waals surface area contributed by atoms with Crippen molar-refractivity contribution in [3.63, 3.8) is 0 Å². The van der Waals surface area contributed by atoms with Gasteiger partial charge in [-0.15, -0.1) is 0 Å². The second kappa shape index (κ2) is 7.61. The summed E-state index contributed by atoms with van der Waals surface area (Å²) < 4.78 is 5.58. The Morgan fingerprint density at radius 1 is 1.20 bits per heavy atom. The van der Waals surface area contributed by atoms with Crippen LogP contribution in [0.3, 0.4) is 0 Å². The van der Waals surface area contributed by atoms with Crippen LogP contribution in [0.1, 0.15) is 32.4 Å². The van der Waals surface area contributed by atoms with Gasteiger partial charge in [-0.3, -0.25) is 0 Å². The van der Waals surface area contributed by atoms with Crippen molar-refractivity contribution in [1.29, 1.82) is 0 Å². The number of aromatic nitrogens is 2. The lowest BCUT2D eigenvalue weighted by Crippen LogP contribution is -2.54. The van der Waals surface area contributed by atoms with Crippen LogP contribution in [-0.2, 0) is 4.74 Å². The first-order chi connectivity index (χ1) is 12.1. The van der Waals surface area contributed by atoms with E-state index in [0.717, 1.165) is 16.7 Å². The van der Waals surface area contributed by atoms with Gasteiger partial charge in [0.05, 0.1) is 24.8 Å². The van der Waals surface area contributed by atoms with E-state index in [1.807, 2.05) is 49.9 Å². The summed E-state index contributed by atoms with van der Waals surface area (Å²) in [4.78, 5) is 22.5. The molecule has 3 rings (SSSR count). The number of nitrogens with zero attached hydrogens (tertiary/aromatic N) is 3. The van der Waals surface area contributed by atoms with Gasteiger partial charge in [0, 0.05) is 24.5 Å². The van der Waals surface area contributed by atoms with E-state index in [1.54, 1.807) is 12.4 Å². The van der Waals surface area contributed by atoms with Crippen LogP contribution >= 0.6 is 0 Å². The third kappa shape index (κ3) is 3.96. The van der Waals surface area contributed by atoms with Gasteiger partial charge in [0.2, 0.25) is 0 Å². The van der Waals surface area contributed by atoms with Gasteiger partial charge < -0.3 is 15.0 Å². The van der Waals surface area contributed by atoms with E-state index in [4.69, 9.17) is 4.74 Å². The molecule has 25 heavy (non-hydrogen) atoms. The van der Waals surface area contributed by atoms with Gasteiger partial charge in [-0.1, -0.05) is 24.3 Å². The molecule has 6 nitrogen and oxygen atoms in total. The van der Waals surface area contributed by atoms with Crippen molar-refractivity contribution in [2.45, 2.75) is 39.0 Å². The van der Waals surface area contributed by atoms with Gasteiger partial charge in [0.15, 0.2) is 0 Å². The largest absolute Gasteiger partial charge is 0.375 e. The summed E-state index contributed by atoms with van der Waals surface area (Å²) in [7, 11) is 0. The Bertz CT molecular complexity index is 705. The molecule has 2 aromatic rings. The second-order valence-electron chi connectivity index (χ2n) is 6.43. The normalized spacial score (nSPS) is 21.6. The number of carbonyl (C=O) groups is 1. The third-order valence-electron chi connectivity index (χ3n) is 4.79. The van der Waals surface area contributed by atoms with Crippen molar-refractivity contribution in [3.05, 3.63) is 48.5 Å². The number of hydrogen-bond donors (Lipinski definition) is 1. The zero-order chi connectivity index (χ0) is 17.8. The monoisotopic (exact) mass is 340 g/mol. The van der Waals surface area contributed by atoms with Crippen LogP contribution in [0.15, 0.2) is 43.0 Å². The first-order valence-electron chi connectivity index (χ1n) is 8.60. The summed E-state index contributed by atoms with van der Waals surface area (Å²) >= 11 is 0. The molecule has 0 saturated carbocycles. The molecule has 6 heteroatoms. The van der Waals surface area contributed by atoms with Crippen molar-refractivity contribution < 1.29 is 9.53 Å². The molecule has 2 amide bonds. The Kier molecular flexibility index (Phi) is 5.28. The van der Waals surface area contributed by atoms with Gasteiger partial charge in [-0.25, -0.2) is 14.8 Å². The molecule has 1 aliphatic heterocycles. The number of carbonyl (C=O) groups excluding carboxylic acids is 1. The van der Waals surface area contributed by atoms with Crippen LogP contribution < -0.4 is 5.32 Å². The van der Waals surface area contributed by atoms with E-state index in [9.17, 15) is 4.79 Å². The zero-order valence-electron chi connectivity index (χ0n) is 14.8. The topological polar surface area (TPSA) is 67.4 Å². The number of hydrogen-bond acceptors (Lipinski definition) is 4. The lowest BCUT2D eigenvalue weighted by Gasteiger charge is -2.38. The number of urea groups is 1. The van der Waals surface area contributed by atoms with Gasteiger partial charge >= 0.3 is 6.03 Å². The molecule has 2 heterocycles. The molecule has 1 aliphatic rings. The fourth-order valence-electron chi connectivity index (χ4n) is 2.98. The van der Waals surface area contributed by atoms with E-state index in [2.05, 4.69) is 15.3 Å². The molecule has 1 N–H and O–H groups in total. The van der Waals surface area contributed by atoms with Crippen LogP contribution in [0.2, 0.25) is 0 Å². The number of nitrogens with one attached hydrogen (secondary N) is 1. The van der Waals surface area contributed by atoms with E-state index >= 15 is 0 Å². The highest BCUT2D eigenvalue weighted by Crippen LogP contribution is 2.21. The van der Waals surface area contributed by atoms with Crippen molar-refractivity contribution in [2.24, 2.45) is 0 Å². The predicted octanol–water partition coefficient (Wildman–Crippen LogP) is 3.02. The fraction of sp³-hybridized carbons (Fsp3) is 0.421. The SMILES string of the molecule is CC(NC(=O)N1CCOC(C)C1C)c1ccc(-c2cncnc2)cc1. The summed E-state index contributed by atoms with van der Waals surface area (Å²) in [6.07, 6.45) is 5.15. The smallest absolute Gasteiger partial charge is 0.318 e. The van der Waals surface area contributed by atoms with Gasteiger partial charge in [0.1, 0.15) is 6.33 Å². The Morgan fingerprint density at radius 3 is 2.56 bits per heavy atom. The first kappa shape index (κ1) is 17.4. The maximum absolute atomic E-state index is 12.6. The summed E-state index contributed by atoms with van der Waals surface area (Å²) in [5, 5.41) is 3.08. The lowest BCUT2D eigenvalue weighted by atomic mass is 10.0. The van der Waals surface area contributed by atoms with Crippen molar-refractivity contribution in [3.8, 4) is 11.1 Å². The van der Waals surface area contributed by atoms with Crippen LogP contribution in [0.4, 0.5) is 4.79 Å². The molecule has 1 aromatic heterocycles. The molecular formula is C19H24N4O2. The summed E-state index contributed by atoms with van der Waals surface area (Å²) in [6, 6.07) is 8.06. The molecule has 3 atom stereocenters. The van der Waals surface area contributed by atoms with Crippen LogP contribution in [-0.4, -0.2) is 46.2 Å². The Balaban J connectivity index is 1.65. The number of benzene rings is 1. The Morgan fingerprint density at radius 2 is 1.88 bits per heavy atom. The highest BCUT2D eigenvalue weighted by atomic mass is 16.5. The molecule has 132 valence electrons. The highest BCUT2D eigenvalue weighted by molar-refractivity contribution is 5.75. The van der Waals surface area contributed by atoms with E-state index in [-0.39, 0.29) is 24.2 Å². The lowest BCUT2D eigenvalue weighted by molar-refractivity contribution is -0.0379. The minimum Gasteiger partial charge on any atom is -0.375 e. The summed E-state index contributed by atoms with van der Waals surface area (Å²) in [5.74, 6) is 0. The number of morpholine rings is 1. The minimum atomic E-state index is -0.0704. The van der Waals surface area contributed by atoms with Crippen LogP contribution in [0.5, 0.6) is 0 Å². The molecule has 0 radical (unpaired) electrons. The molecule has 1 aromatic carbocycles. The van der Waals surface area contributed by atoms with Gasteiger partial charge in [-0.05, 0) is 31.9 Å². The Hall–Kier alpha value is -2.47. The fourth-order valence-corrected chi connectivity index (χ4v) is 2.98. The van der Waals surface area contributed by atoms with Crippen molar-refractivity contribution >= 4 is 6.03 Å². The quantitative estimate of drug-likeness (QED) is 0.932. The molecule has 0 bridgehead atoms. The highest BCUT2D eigenvalue weighted by Gasteiger charge is 2.29. The molecule has 0 aliphatic carbocycles. The average molecular weight is 340 g/mol. The minimum absolute atomic E-state index is 0.0457. The molecular weight excluding hydrogens is 316 g/mol. The van der Waals surface area contributed by atoms with E-state index in [0.29, 0.717) is 13.2 Å². The number of rotatable bonds is 3. The molecule has 0 spiro atoms. The second-order valence-corrected chi connectivity index (χ2v) is 6.43. The van der Waals surface area contributed by atoms with Crippen molar-refractivity contribution in [1.82, 2.24) is 20.2 Å². The van der Waals surface area contributed by atoms with Gasteiger partial charge in [-0.2, -0.15) is 0 Å². The third-order valence-corrected chi connectivity index (χ3v) is 4.79. The van der Waals surface area contributed by atoms with Gasteiger partial charge in [0.25, 0.3) is 0 Å². The standard InChI is InChI=1S/C19H24N4O2/c1-13(22-19(24)23-8-9-25-15(3)14(23)2)16-4-6-17(7-5-16)18-10-20-12-21-11-18/h4-7,10-15H,8-9H2,1-3H3,(H,22,24). The molecule has 3 unspecified atom stereocenters. The van der Waals surface area contributed by atoms with Crippen LogP contribution in [0.25, 0.3) is 11.1 Å². The van der Waals surface area contributed by atoms with Crippen molar-refractivity contribution in [2.75, 3.05) is 13.2 Å². The molecule has 1 fully saturated rings. The number of amides is 2. The van der Waals surface area contributed by atoms with Crippen LogP contribution in [0, 0.1) is 0 Å². The van der Waals surface area contributed by atoms with E-state index in [1.165, 1.54) is 6.33 Å². The predicted molar refractivity (Wildman–Crippen MR) is 96.0 cm³/mol. The summed E-state index contributed by atoms with van der Waals surface area (Å²) in [5.41, 5.74) is 3.09.